The zero-order valence-corrected chi connectivity index (χ0v) is 15.5. The van der Waals surface area contributed by atoms with E-state index < -0.39 is 0 Å². The lowest BCUT2D eigenvalue weighted by molar-refractivity contribution is -0.151. The molecule has 3 aliphatic rings. The second-order valence-corrected chi connectivity index (χ2v) is 8.69. The molecule has 132 valence electrons. The van der Waals surface area contributed by atoms with Crippen molar-refractivity contribution in [2.75, 3.05) is 0 Å². The van der Waals surface area contributed by atoms with Gasteiger partial charge in [-0.25, -0.2) is 0 Å². The predicted molar refractivity (Wildman–Crippen MR) is 95.4 cm³/mol. The second-order valence-electron chi connectivity index (χ2n) is 8.69. The molecule has 0 saturated heterocycles. The lowest BCUT2D eigenvalue weighted by Crippen LogP contribution is -2.56. The molecule has 0 heterocycles. The highest BCUT2D eigenvalue weighted by Crippen LogP contribution is 2.64. The molecular formula is C21H30O3. The Labute approximate surface area is 145 Å². The number of carbonyl (C=O) groups excluding carboxylic acids is 1. The van der Waals surface area contributed by atoms with Crippen molar-refractivity contribution < 1.29 is 15.0 Å². The molecule has 2 N–H and O–H groups in total. The van der Waals surface area contributed by atoms with Crippen molar-refractivity contribution in [2.24, 2.45) is 17.3 Å². The molecule has 0 spiro atoms. The van der Waals surface area contributed by atoms with Gasteiger partial charge in [-0.2, -0.15) is 0 Å². The van der Waals surface area contributed by atoms with Crippen molar-refractivity contribution in [3.63, 3.8) is 0 Å². The number of hydrogen-bond donors (Lipinski definition) is 2. The van der Waals surface area contributed by atoms with Gasteiger partial charge in [0.1, 0.15) is 17.3 Å². The Morgan fingerprint density at radius 1 is 1.17 bits per heavy atom. The van der Waals surface area contributed by atoms with E-state index in [-0.39, 0.29) is 39.9 Å². The number of fused-ring (bicyclic) bond motifs is 2. The highest BCUT2D eigenvalue weighted by molar-refractivity contribution is 5.86. The molecule has 3 atom stereocenters. The van der Waals surface area contributed by atoms with Gasteiger partial charge in [0.05, 0.1) is 0 Å². The fraction of sp³-hybridized carbons (Fsp3) is 0.667. The number of aromatic hydroxyl groups is 2. The number of ketones is 1. The van der Waals surface area contributed by atoms with Crippen LogP contribution in [-0.4, -0.2) is 16.0 Å². The third-order valence-corrected chi connectivity index (χ3v) is 7.40. The second kappa shape index (κ2) is 5.50. The Hall–Kier alpha value is -1.51. The molecule has 3 fully saturated rings. The summed E-state index contributed by atoms with van der Waals surface area (Å²) in [6.45, 7) is 10.7. The summed E-state index contributed by atoms with van der Waals surface area (Å²) in [4.78, 5) is 12.4. The zero-order chi connectivity index (χ0) is 17.9. The molecule has 1 aromatic carbocycles. The quantitative estimate of drug-likeness (QED) is 0.826. The lowest BCUT2D eigenvalue weighted by atomic mass is 9.44. The van der Waals surface area contributed by atoms with Crippen LogP contribution in [0.3, 0.4) is 0 Å². The van der Waals surface area contributed by atoms with Crippen LogP contribution in [0.4, 0.5) is 0 Å². The SMILES string of the molecule is CCC(C)(CC)c1cc(O)c(C2CC(=O)C3CC2C3(C)C)c(O)c1. The summed E-state index contributed by atoms with van der Waals surface area (Å²) in [5.41, 5.74) is 1.47. The molecule has 3 saturated carbocycles. The van der Waals surface area contributed by atoms with E-state index in [2.05, 4.69) is 34.6 Å². The van der Waals surface area contributed by atoms with E-state index in [0.29, 0.717) is 17.9 Å². The van der Waals surface area contributed by atoms with Gasteiger partial charge in [0.15, 0.2) is 0 Å². The number of phenolic OH excluding ortho intramolecular Hbond substituents is 2. The molecule has 1 aromatic rings. The molecule has 3 nitrogen and oxygen atoms in total. The minimum atomic E-state index is -0.0685. The van der Waals surface area contributed by atoms with Crippen molar-refractivity contribution >= 4 is 5.78 Å². The van der Waals surface area contributed by atoms with Crippen LogP contribution in [0.25, 0.3) is 0 Å². The molecule has 0 amide bonds. The molecule has 2 bridgehead atoms. The molecule has 24 heavy (non-hydrogen) atoms. The number of carbonyl (C=O) groups is 1. The average Bonchev–Trinajstić information content (AvgIpc) is 2.52. The molecule has 0 aliphatic heterocycles. The van der Waals surface area contributed by atoms with Gasteiger partial charge in [-0.15, -0.1) is 0 Å². The van der Waals surface area contributed by atoms with Crippen LogP contribution in [0.2, 0.25) is 0 Å². The number of hydrogen-bond acceptors (Lipinski definition) is 3. The average molecular weight is 330 g/mol. The van der Waals surface area contributed by atoms with Crippen LogP contribution in [0.1, 0.15) is 77.3 Å². The smallest absolute Gasteiger partial charge is 0.137 e. The molecule has 3 heteroatoms. The van der Waals surface area contributed by atoms with Crippen LogP contribution < -0.4 is 0 Å². The third-order valence-electron chi connectivity index (χ3n) is 7.40. The summed E-state index contributed by atoms with van der Waals surface area (Å²) in [5, 5.41) is 21.4. The molecular weight excluding hydrogens is 300 g/mol. The van der Waals surface area contributed by atoms with Gasteiger partial charge in [-0.3, -0.25) is 4.79 Å². The van der Waals surface area contributed by atoms with E-state index in [1.807, 2.05) is 12.1 Å². The fourth-order valence-corrected chi connectivity index (χ4v) is 5.00. The normalized spacial score (nSPS) is 28.5. The lowest BCUT2D eigenvalue weighted by Gasteiger charge is -2.59. The first-order valence-corrected chi connectivity index (χ1v) is 9.24. The van der Waals surface area contributed by atoms with Crippen molar-refractivity contribution in [1.29, 1.82) is 0 Å². The maximum atomic E-state index is 12.4. The summed E-state index contributed by atoms with van der Waals surface area (Å²) in [6.07, 6.45) is 3.22. The Morgan fingerprint density at radius 2 is 1.71 bits per heavy atom. The third kappa shape index (κ3) is 2.28. The van der Waals surface area contributed by atoms with Crippen molar-refractivity contribution in [1.82, 2.24) is 0 Å². The number of benzene rings is 1. The van der Waals surface area contributed by atoms with Gasteiger partial charge < -0.3 is 10.2 Å². The van der Waals surface area contributed by atoms with Crippen molar-refractivity contribution in [3.05, 3.63) is 23.3 Å². The van der Waals surface area contributed by atoms with E-state index in [9.17, 15) is 15.0 Å². The summed E-state index contributed by atoms with van der Waals surface area (Å²) in [7, 11) is 0. The monoisotopic (exact) mass is 330 g/mol. The molecule has 0 radical (unpaired) electrons. The van der Waals surface area contributed by atoms with Crippen LogP contribution >= 0.6 is 0 Å². The minimum absolute atomic E-state index is 0.0289. The molecule has 3 aliphatic carbocycles. The van der Waals surface area contributed by atoms with Gasteiger partial charge >= 0.3 is 0 Å². The highest BCUT2D eigenvalue weighted by atomic mass is 16.3. The van der Waals surface area contributed by atoms with Gasteiger partial charge in [0, 0.05) is 23.8 Å². The fourth-order valence-electron chi connectivity index (χ4n) is 5.00. The van der Waals surface area contributed by atoms with E-state index >= 15 is 0 Å². The summed E-state index contributed by atoms with van der Waals surface area (Å²) in [6, 6.07) is 3.62. The van der Waals surface area contributed by atoms with E-state index in [0.717, 1.165) is 24.8 Å². The minimum Gasteiger partial charge on any atom is -0.508 e. The van der Waals surface area contributed by atoms with Crippen LogP contribution in [0.5, 0.6) is 11.5 Å². The number of rotatable bonds is 4. The summed E-state index contributed by atoms with van der Waals surface area (Å²) < 4.78 is 0. The number of Topliss-reactive ketones (excluding diaryl/α,β-unsaturated/α-hetero) is 1. The first-order valence-electron chi connectivity index (χ1n) is 9.24. The maximum absolute atomic E-state index is 12.4. The molecule has 0 aromatic heterocycles. The maximum Gasteiger partial charge on any atom is 0.137 e. The molecule has 4 rings (SSSR count). The van der Waals surface area contributed by atoms with Gasteiger partial charge in [0.2, 0.25) is 0 Å². The van der Waals surface area contributed by atoms with E-state index in [1.54, 1.807) is 0 Å². The number of phenols is 2. The predicted octanol–water partition coefficient (Wildman–Crippen LogP) is 4.89. The first kappa shape index (κ1) is 17.3. The van der Waals surface area contributed by atoms with Crippen LogP contribution in [0, 0.1) is 17.3 Å². The van der Waals surface area contributed by atoms with Crippen LogP contribution in [0.15, 0.2) is 12.1 Å². The van der Waals surface area contributed by atoms with Crippen molar-refractivity contribution in [2.45, 2.75) is 71.6 Å². The summed E-state index contributed by atoms with van der Waals surface area (Å²) >= 11 is 0. The Balaban J connectivity index is 2.03. The van der Waals surface area contributed by atoms with Gasteiger partial charge in [-0.1, -0.05) is 34.6 Å². The molecule has 3 unspecified atom stereocenters. The van der Waals surface area contributed by atoms with Gasteiger partial charge in [0.25, 0.3) is 0 Å². The Kier molecular flexibility index (Phi) is 3.97. The standard InChI is InChI=1S/C21H30O3/c1-6-21(5,7-2)12-8-17(23)19(18(24)9-12)13-10-16(22)15-11-14(13)20(15,3)4/h8-9,13-15,23-24H,6-7,10-11H2,1-5H3. The largest absolute Gasteiger partial charge is 0.508 e. The highest BCUT2D eigenvalue weighted by Gasteiger charge is 2.59. The zero-order valence-electron chi connectivity index (χ0n) is 15.5. The summed E-state index contributed by atoms with van der Waals surface area (Å²) in [5.74, 6) is 1.02. The van der Waals surface area contributed by atoms with E-state index in [1.165, 1.54) is 0 Å². The van der Waals surface area contributed by atoms with Crippen LogP contribution in [-0.2, 0) is 10.2 Å². The topological polar surface area (TPSA) is 57.5 Å². The van der Waals surface area contributed by atoms with Gasteiger partial charge in [-0.05, 0) is 53.7 Å². The Bertz CT molecular complexity index is 647. The first-order chi connectivity index (χ1) is 11.2. The van der Waals surface area contributed by atoms with E-state index in [4.69, 9.17) is 0 Å². The Morgan fingerprint density at radius 3 is 2.12 bits per heavy atom. The van der Waals surface area contributed by atoms with Crippen molar-refractivity contribution in [3.8, 4) is 11.5 Å².